The van der Waals surface area contributed by atoms with Crippen LogP contribution in [0.3, 0.4) is 0 Å². The third kappa shape index (κ3) is 2.58. The maximum absolute atomic E-state index is 12.0. The monoisotopic (exact) mass is 251 g/mol. The number of nitriles is 1. The summed E-state index contributed by atoms with van der Waals surface area (Å²) in [6, 6.07) is 1.87. The van der Waals surface area contributed by atoms with Gasteiger partial charge in [-0.25, -0.2) is 0 Å². The zero-order valence-electron chi connectivity index (χ0n) is 10.5. The molecule has 1 aliphatic carbocycles. The zero-order valence-corrected chi connectivity index (χ0v) is 10.5. The maximum Gasteiger partial charge on any atom is 0.327 e. The van der Waals surface area contributed by atoms with Crippen molar-refractivity contribution < 1.29 is 19.1 Å². The molecule has 0 N–H and O–H groups in total. The third-order valence-electron chi connectivity index (χ3n) is 3.39. The summed E-state index contributed by atoms with van der Waals surface area (Å²) in [7, 11) is 0. The molecule has 2 unspecified atom stereocenters. The van der Waals surface area contributed by atoms with Gasteiger partial charge in [-0.1, -0.05) is 6.42 Å². The van der Waals surface area contributed by atoms with Crippen molar-refractivity contribution in [1.82, 2.24) is 0 Å². The first-order chi connectivity index (χ1) is 8.62. The third-order valence-corrected chi connectivity index (χ3v) is 3.39. The number of esters is 1. The summed E-state index contributed by atoms with van der Waals surface area (Å²) >= 11 is 0. The lowest BCUT2D eigenvalue weighted by Crippen LogP contribution is -2.44. The van der Waals surface area contributed by atoms with Gasteiger partial charge in [-0.05, 0) is 19.8 Å². The van der Waals surface area contributed by atoms with Gasteiger partial charge in [0.2, 0.25) is 0 Å². The van der Waals surface area contributed by atoms with Crippen LogP contribution in [0.5, 0.6) is 0 Å². The maximum atomic E-state index is 12.0. The van der Waals surface area contributed by atoms with Crippen LogP contribution in [0.25, 0.3) is 0 Å². The minimum Gasteiger partial charge on any atom is -0.465 e. The second-order valence-electron chi connectivity index (χ2n) is 4.44. The Morgan fingerprint density at radius 3 is 2.83 bits per heavy atom. The second-order valence-corrected chi connectivity index (χ2v) is 4.44. The number of hydrogen-bond acceptors (Lipinski definition) is 5. The minimum absolute atomic E-state index is 0.113. The van der Waals surface area contributed by atoms with E-state index >= 15 is 0 Å². The lowest BCUT2D eigenvalue weighted by atomic mass is 9.67. The van der Waals surface area contributed by atoms with Crippen LogP contribution >= 0.6 is 0 Å². The van der Waals surface area contributed by atoms with Crippen LogP contribution < -0.4 is 0 Å². The molecule has 0 aromatic rings. The van der Waals surface area contributed by atoms with Crippen LogP contribution in [0.2, 0.25) is 0 Å². The van der Waals surface area contributed by atoms with Crippen LogP contribution in [0, 0.1) is 22.7 Å². The van der Waals surface area contributed by atoms with Gasteiger partial charge in [-0.2, -0.15) is 5.26 Å². The lowest BCUT2D eigenvalue weighted by molar-refractivity contribution is -0.159. The van der Waals surface area contributed by atoms with Gasteiger partial charge in [0, 0.05) is 18.8 Å². The van der Waals surface area contributed by atoms with Gasteiger partial charge in [-0.3, -0.25) is 9.59 Å². The van der Waals surface area contributed by atoms with E-state index in [2.05, 4.69) is 0 Å². The normalized spacial score (nSPS) is 22.7. The number of carbonyl (C=O) groups excluding carboxylic acids is 3. The van der Waals surface area contributed by atoms with Crippen molar-refractivity contribution >= 4 is 18.0 Å². The van der Waals surface area contributed by atoms with E-state index in [9.17, 15) is 19.6 Å². The molecule has 0 spiro atoms. The van der Waals surface area contributed by atoms with Crippen molar-refractivity contribution in [3.05, 3.63) is 0 Å². The number of nitrogens with zero attached hydrogens (tertiary/aromatic N) is 1. The highest BCUT2D eigenvalue weighted by Crippen LogP contribution is 2.39. The fourth-order valence-electron chi connectivity index (χ4n) is 2.43. The van der Waals surface area contributed by atoms with Crippen molar-refractivity contribution in [2.45, 2.75) is 39.0 Å². The van der Waals surface area contributed by atoms with E-state index in [1.165, 1.54) is 0 Å². The molecule has 5 nitrogen and oxygen atoms in total. The molecule has 18 heavy (non-hydrogen) atoms. The van der Waals surface area contributed by atoms with Crippen molar-refractivity contribution in [2.24, 2.45) is 11.3 Å². The van der Waals surface area contributed by atoms with Crippen LogP contribution in [-0.4, -0.2) is 24.6 Å². The summed E-state index contributed by atoms with van der Waals surface area (Å²) in [6.07, 6.45) is 2.64. The molecule has 1 rings (SSSR count). The minimum atomic E-state index is -1.63. The molecule has 0 aromatic carbocycles. The molecule has 2 atom stereocenters. The molecule has 0 bridgehead atoms. The highest BCUT2D eigenvalue weighted by atomic mass is 16.5. The van der Waals surface area contributed by atoms with Crippen molar-refractivity contribution in [3.63, 3.8) is 0 Å². The summed E-state index contributed by atoms with van der Waals surface area (Å²) < 4.78 is 4.88. The Balaban J connectivity index is 3.09. The van der Waals surface area contributed by atoms with E-state index in [4.69, 9.17) is 4.74 Å². The van der Waals surface area contributed by atoms with Gasteiger partial charge in [0.1, 0.15) is 12.1 Å². The van der Waals surface area contributed by atoms with Gasteiger partial charge >= 0.3 is 5.97 Å². The molecule has 1 fully saturated rings. The van der Waals surface area contributed by atoms with Crippen LogP contribution in [0.15, 0.2) is 0 Å². The second kappa shape index (κ2) is 6.29. The molecule has 0 saturated heterocycles. The first-order valence-corrected chi connectivity index (χ1v) is 6.17. The Kier molecular flexibility index (Phi) is 5.02. The first-order valence-electron chi connectivity index (χ1n) is 6.17. The summed E-state index contributed by atoms with van der Waals surface area (Å²) in [6.45, 7) is 1.76. The smallest absolute Gasteiger partial charge is 0.327 e. The Morgan fingerprint density at radius 1 is 1.61 bits per heavy atom. The van der Waals surface area contributed by atoms with Crippen LogP contribution in [0.4, 0.5) is 0 Å². The van der Waals surface area contributed by atoms with Crippen LogP contribution in [0.1, 0.15) is 39.0 Å². The Bertz CT molecular complexity index is 385. The highest BCUT2D eigenvalue weighted by molar-refractivity contribution is 5.93. The van der Waals surface area contributed by atoms with E-state index < -0.39 is 17.3 Å². The topological polar surface area (TPSA) is 84.2 Å². The van der Waals surface area contributed by atoms with Crippen molar-refractivity contribution in [1.29, 1.82) is 5.26 Å². The van der Waals surface area contributed by atoms with E-state index in [1.807, 2.05) is 6.07 Å². The molecule has 0 heterocycles. The average molecular weight is 251 g/mol. The van der Waals surface area contributed by atoms with Gasteiger partial charge in [-0.15, -0.1) is 0 Å². The molecule has 5 heteroatoms. The summed E-state index contributed by atoms with van der Waals surface area (Å²) in [5.74, 6) is -1.57. The summed E-state index contributed by atoms with van der Waals surface area (Å²) in [5.41, 5.74) is -1.63. The Labute approximate surface area is 106 Å². The van der Waals surface area contributed by atoms with E-state index in [1.54, 1.807) is 6.92 Å². The van der Waals surface area contributed by atoms with E-state index in [0.717, 1.165) is 12.8 Å². The highest BCUT2D eigenvalue weighted by Gasteiger charge is 2.50. The summed E-state index contributed by atoms with van der Waals surface area (Å²) in [4.78, 5) is 34.7. The first kappa shape index (κ1) is 14.4. The molecular weight excluding hydrogens is 234 g/mol. The van der Waals surface area contributed by atoms with E-state index in [0.29, 0.717) is 19.1 Å². The van der Waals surface area contributed by atoms with Gasteiger partial charge in [0.15, 0.2) is 5.41 Å². The van der Waals surface area contributed by atoms with Crippen LogP contribution in [-0.2, 0) is 19.1 Å². The number of aldehydes is 1. The molecule has 98 valence electrons. The molecular formula is C13H17NO4. The zero-order chi connectivity index (χ0) is 13.6. The molecule has 0 aromatic heterocycles. The fraction of sp³-hybridized carbons (Fsp3) is 0.692. The summed E-state index contributed by atoms with van der Waals surface area (Å²) in [5, 5.41) is 9.31. The van der Waals surface area contributed by atoms with Crippen molar-refractivity contribution in [2.75, 3.05) is 6.61 Å². The largest absolute Gasteiger partial charge is 0.465 e. The number of ether oxygens (including phenoxy) is 1. The molecule has 1 saturated carbocycles. The predicted molar refractivity (Wildman–Crippen MR) is 62.3 cm³/mol. The quantitative estimate of drug-likeness (QED) is 0.544. The van der Waals surface area contributed by atoms with Gasteiger partial charge in [0.25, 0.3) is 0 Å². The Hall–Kier alpha value is -1.70. The predicted octanol–water partition coefficient (Wildman–Crippen LogP) is 1.41. The molecule has 1 aliphatic rings. The van der Waals surface area contributed by atoms with Crippen molar-refractivity contribution in [3.8, 4) is 6.07 Å². The number of Topliss-reactive ketones (excluding diaryl/α,β-unsaturated/α-hetero) is 1. The van der Waals surface area contributed by atoms with E-state index in [-0.39, 0.29) is 18.8 Å². The lowest BCUT2D eigenvalue weighted by Gasteiger charge is -2.32. The van der Waals surface area contributed by atoms with Gasteiger partial charge < -0.3 is 9.53 Å². The average Bonchev–Trinajstić information content (AvgIpc) is 2.37. The number of carbonyl (C=O) groups is 3. The number of hydrogen-bond donors (Lipinski definition) is 0. The standard InChI is InChI=1S/C13H17NO4/c1-2-18-12(17)13(9-14,7-8-15)10-5-3-4-6-11(10)16/h8,10H,2-7H2,1H3. The Morgan fingerprint density at radius 2 is 2.33 bits per heavy atom. The fourth-order valence-corrected chi connectivity index (χ4v) is 2.43. The molecule has 0 aliphatic heterocycles. The van der Waals surface area contributed by atoms with Gasteiger partial charge in [0.05, 0.1) is 12.7 Å². The SMILES string of the molecule is CCOC(=O)C(C#N)(CC=O)C1CCCCC1=O. The number of ketones is 1. The molecule has 0 radical (unpaired) electrons. The number of rotatable bonds is 5. The molecule has 0 amide bonds.